The molecule has 0 fully saturated rings. The van der Waals surface area contributed by atoms with Gasteiger partial charge in [0.15, 0.2) is 0 Å². The first kappa shape index (κ1) is 16.8. The molecule has 6 heteroatoms. The summed E-state index contributed by atoms with van der Waals surface area (Å²) in [4.78, 5) is 22.4. The molecule has 5 nitrogen and oxygen atoms in total. The van der Waals surface area contributed by atoms with E-state index < -0.39 is 0 Å². The van der Waals surface area contributed by atoms with Crippen LogP contribution in [0, 0.1) is 0 Å². The van der Waals surface area contributed by atoms with Crippen molar-refractivity contribution in [3.63, 3.8) is 0 Å². The molecule has 0 aliphatic carbocycles. The van der Waals surface area contributed by atoms with Crippen molar-refractivity contribution in [2.75, 3.05) is 24.5 Å². The highest BCUT2D eigenvalue weighted by Crippen LogP contribution is 2.23. The zero-order chi connectivity index (χ0) is 16.9. The Labute approximate surface area is 147 Å². The molecule has 3 rings (SSSR count). The van der Waals surface area contributed by atoms with Crippen LogP contribution in [-0.4, -0.2) is 35.5 Å². The minimum Gasteiger partial charge on any atom is -0.357 e. The molecule has 24 heavy (non-hydrogen) atoms. The van der Waals surface area contributed by atoms with Gasteiger partial charge in [-0.1, -0.05) is 6.07 Å². The van der Waals surface area contributed by atoms with Crippen LogP contribution < -0.4 is 10.2 Å². The predicted molar refractivity (Wildman–Crippen MR) is 98.5 cm³/mol. The van der Waals surface area contributed by atoms with Gasteiger partial charge in [-0.3, -0.25) is 0 Å². The third-order valence-electron chi connectivity index (χ3n) is 4.44. The monoisotopic (exact) mass is 344 g/mol. The van der Waals surface area contributed by atoms with E-state index in [0.717, 1.165) is 37.4 Å². The van der Waals surface area contributed by atoms with Crippen LogP contribution in [0.15, 0.2) is 29.8 Å². The number of nitrogens with one attached hydrogen (secondary N) is 1. The molecule has 0 saturated heterocycles. The standard InChI is InChI=1S/C18H24N4OS/c1-3-21(4-2)17-6-5-14(11-19-17)12-20-18(23)22-9-7-16-15(13-22)8-10-24-16/h5-6,8,10-11H,3-4,7,9,12-13H2,1-2H3,(H,20,23). The number of aromatic nitrogens is 1. The summed E-state index contributed by atoms with van der Waals surface area (Å²) in [6, 6.07) is 6.18. The summed E-state index contributed by atoms with van der Waals surface area (Å²) in [5.74, 6) is 0.982. The van der Waals surface area contributed by atoms with Crippen LogP contribution in [0.4, 0.5) is 10.6 Å². The first-order valence-electron chi connectivity index (χ1n) is 8.49. The Morgan fingerprint density at radius 1 is 1.33 bits per heavy atom. The molecule has 0 bridgehead atoms. The molecule has 0 unspecified atom stereocenters. The molecule has 1 N–H and O–H groups in total. The van der Waals surface area contributed by atoms with Crippen molar-refractivity contribution in [1.82, 2.24) is 15.2 Å². The predicted octanol–water partition coefficient (Wildman–Crippen LogP) is 3.26. The number of hydrogen-bond donors (Lipinski definition) is 1. The number of pyridine rings is 1. The molecule has 128 valence electrons. The van der Waals surface area contributed by atoms with Crippen LogP contribution in [0.25, 0.3) is 0 Å². The SMILES string of the molecule is CCN(CC)c1ccc(CNC(=O)N2CCc3sccc3C2)cn1. The smallest absolute Gasteiger partial charge is 0.317 e. The maximum absolute atomic E-state index is 12.4. The second kappa shape index (κ2) is 7.66. The molecule has 2 aromatic rings. The maximum Gasteiger partial charge on any atom is 0.317 e. The third-order valence-corrected chi connectivity index (χ3v) is 5.46. The van der Waals surface area contributed by atoms with Crippen molar-refractivity contribution >= 4 is 23.2 Å². The number of rotatable bonds is 5. The second-order valence-corrected chi connectivity index (χ2v) is 6.90. The van der Waals surface area contributed by atoms with Gasteiger partial charge in [0.2, 0.25) is 0 Å². The molecule has 0 aromatic carbocycles. The minimum atomic E-state index is -0.000306. The van der Waals surface area contributed by atoms with E-state index in [9.17, 15) is 4.79 Å². The van der Waals surface area contributed by atoms with E-state index in [4.69, 9.17) is 0 Å². The summed E-state index contributed by atoms with van der Waals surface area (Å²) in [5.41, 5.74) is 2.30. The van der Waals surface area contributed by atoms with E-state index in [2.05, 4.69) is 40.5 Å². The van der Waals surface area contributed by atoms with Crippen molar-refractivity contribution in [3.05, 3.63) is 45.8 Å². The molecule has 2 aromatic heterocycles. The normalized spacial score (nSPS) is 13.5. The number of carbonyl (C=O) groups is 1. The molecule has 0 saturated carbocycles. The third kappa shape index (κ3) is 3.70. The van der Waals surface area contributed by atoms with Gasteiger partial charge in [-0.25, -0.2) is 9.78 Å². The van der Waals surface area contributed by atoms with E-state index in [1.165, 1.54) is 10.4 Å². The van der Waals surface area contributed by atoms with Crippen LogP contribution in [0.5, 0.6) is 0 Å². The minimum absolute atomic E-state index is 0.000306. The number of nitrogens with zero attached hydrogens (tertiary/aromatic N) is 3. The fraction of sp³-hybridized carbons (Fsp3) is 0.444. The van der Waals surface area contributed by atoms with Crippen LogP contribution in [-0.2, 0) is 19.5 Å². The fourth-order valence-corrected chi connectivity index (χ4v) is 3.86. The van der Waals surface area contributed by atoms with E-state index in [1.807, 2.05) is 23.2 Å². The van der Waals surface area contributed by atoms with Crippen LogP contribution in [0.1, 0.15) is 29.9 Å². The lowest BCUT2D eigenvalue weighted by Crippen LogP contribution is -2.42. The number of urea groups is 1. The average molecular weight is 344 g/mol. The molecular formula is C18H24N4OS. The Morgan fingerprint density at radius 3 is 2.88 bits per heavy atom. The van der Waals surface area contributed by atoms with E-state index >= 15 is 0 Å². The van der Waals surface area contributed by atoms with Crippen molar-refractivity contribution in [2.45, 2.75) is 33.4 Å². The highest BCUT2D eigenvalue weighted by atomic mass is 32.1. The lowest BCUT2D eigenvalue weighted by atomic mass is 10.1. The molecule has 0 atom stereocenters. The first-order chi connectivity index (χ1) is 11.7. The van der Waals surface area contributed by atoms with E-state index in [0.29, 0.717) is 13.1 Å². The average Bonchev–Trinajstić information content (AvgIpc) is 3.09. The lowest BCUT2D eigenvalue weighted by molar-refractivity contribution is 0.192. The second-order valence-electron chi connectivity index (χ2n) is 5.90. The number of carbonyl (C=O) groups excluding carboxylic acids is 1. The molecule has 3 heterocycles. The number of thiophene rings is 1. The zero-order valence-electron chi connectivity index (χ0n) is 14.3. The number of anilines is 1. The number of fused-ring (bicyclic) bond motifs is 1. The van der Waals surface area contributed by atoms with Crippen molar-refractivity contribution in [2.24, 2.45) is 0 Å². The molecular weight excluding hydrogens is 320 g/mol. The van der Waals surface area contributed by atoms with Crippen LogP contribution >= 0.6 is 11.3 Å². The summed E-state index contributed by atoms with van der Waals surface area (Å²) in [7, 11) is 0. The van der Waals surface area contributed by atoms with Gasteiger partial charge >= 0.3 is 6.03 Å². The van der Waals surface area contributed by atoms with Crippen LogP contribution in [0.3, 0.4) is 0 Å². The number of amides is 2. The van der Waals surface area contributed by atoms with Crippen molar-refractivity contribution in [3.8, 4) is 0 Å². The zero-order valence-corrected chi connectivity index (χ0v) is 15.1. The van der Waals surface area contributed by atoms with Crippen molar-refractivity contribution in [1.29, 1.82) is 0 Å². The Hall–Kier alpha value is -2.08. The van der Waals surface area contributed by atoms with Gasteiger partial charge in [-0.05, 0) is 48.9 Å². The van der Waals surface area contributed by atoms with Gasteiger partial charge in [0.05, 0.1) is 0 Å². The number of hydrogen-bond acceptors (Lipinski definition) is 4. The largest absolute Gasteiger partial charge is 0.357 e. The molecule has 2 amide bonds. The maximum atomic E-state index is 12.4. The Bertz CT molecular complexity index is 679. The fourth-order valence-electron chi connectivity index (χ4n) is 2.97. The van der Waals surface area contributed by atoms with E-state index in [1.54, 1.807) is 11.3 Å². The van der Waals surface area contributed by atoms with Gasteiger partial charge in [0, 0.05) is 43.8 Å². The summed E-state index contributed by atoms with van der Waals surface area (Å²) in [5, 5.41) is 5.11. The quantitative estimate of drug-likeness (QED) is 0.906. The Balaban J connectivity index is 1.53. The summed E-state index contributed by atoms with van der Waals surface area (Å²) >= 11 is 1.79. The summed E-state index contributed by atoms with van der Waals surface area (Å²) in [6.07, 6.45) is 2.81. The Kier molecular flexibility index (Phi) is 5.35. The van der Waals surface area contributed by atoms with Gasteiger partial charge in [-0.2, -0.15) is 0 Å². The topological polar surface area (TPSA) is 48.5 Å². The van der Waals surface area contributed by atoms with Gasteiger partial charge < -0.3 is 15.1 Å². The summed E-state index contributed by atoms with van der Waals surface area (Å²) in [6.45, 7) is 8.14. The lowest BCUT2D eigenvalue weighted by Gasteiger charge is -2.27. The highest BCUT2D eigenvalue weighted by Gasteiger charge is 2.21. The Morgan fingerprint density at radius 2 is 2.17 bits per heavy atom. The van der Waals surface area contributed by atoms with Gasteiger partial charge in [0.25, 0.3) is 0 Å². The van der Waals surface area contributed by atoms with Gasteiger partial charge in [0.1, 0.15) is 5.82 Å². The molecule has 0 radical (unpaired) electrons. The van der Waals surface area contributed by atoms with Crippen LogP contribution in [0.2, 0.25) is 0 Å². The first-order valence-corrected chi connectivity index (χ1v) is 9.37. The van der Waals surface area contributed by atoms with Gasteiger partial charge in [-0.15, -0.1) is 11.3 Å². The molecule has 1 aliphatic rings. The molecule has 1 aliphatic heterocycles. The van der Waals surface area contributed by atoms with E-state index in [-0.39, 0.29) is 6.03 Å². The highest BCUT2D eigenvalue weighted by molar-refractivity contribution is 7.10. The summed E-state index contributed by atoms with van der Waals surface area (Å²) < 4.78 is 0. The van der Waals surface area contributed by atoms with Crippen molar-refractivity contribution < 1.29 is 4.79 Å². The molecule has 0 spiro atoms.